The number of aromatic nitrogens is 4. The third-order valence-electron chi connectivity index (χ3n) is 6.21. The number of aromatic amines is 1. The Hall–Kier alpha value is -1.82. The molecule has 15 nitrogen and oxygen atoms in total. The molecule has 0 bridgehead atoms. The van der Waals surface area contributed by atoms with Gasteiger partial charge in [0.05, 0.1) is 38.9 Å². The maximum atomic E-state index is 13.6. The highest BCUT2D eigenvalue weighted by Gasteiger charge is 2.46. The number of hydrogen-bond acceptors (Lipinski definition) is 15. The average molecular weight is 666 g/mol. The fourth-order valence-electron chi connectivity index (χ4n) is 3.82. The molecule has 18 heteroatoms. The molecule has 0 amide bonds. The molecule has 3 rings (SSSR count). The highest BCUT2D eigenvalue weighted by atomic mass is 32.2. The fraction of sp³-hybridized carbons (Fsp3) is 0.720. The van der Waals surface area contributed by atoms with Crippen molar-refractivity contribution in [2.45, 2.75) is 60.0 Å². The van der Waals surface area contributed by atoms with E-state index < -0.39 is 61.8 Å². The zero-order valence-electron chi connectivity index (χ0n) is 25.0. The average Bonchev–Trinajstić information content (AvgIpc) is 3.46. The van der Waals surface area contributed by atoms with Crippen molar-refractivity contribution in [3.8, 4) is 0 Å². The normalized spacial score (nSPS) is 21.5. The van der Waals surface area contributed by atoms with E-state index in [1.165, 1.54) is 10.9 Å². The van der Waals surface area contributed by atoms with Crippen molar-refractivity contribution in [3.05, 3.63) is 16.7 Å². The van der Waals surface area contributed by atoms with Gasteiger partial charge in [-0.2, -0.15) is 4.98 Å². The number of phosphoric acid groups is 1. The molecule has 43 heavy (non-hydrogen) atoms. The van der Waals surface area contributed by atoms with Crippen LogP contribution in [0.4, 0.5) is 5.95 Å². The van der Waals surface area contributed by atoms with E-state index in [1.807, 2.05) is 0 Å². The summed E-state index contributed by atoms with van der Waals surface area (Å²) >= 11 is 2.05. The molecule has 1 aliphatic heterocycles. The Balaban J connectivity index is 1.70. The monoisotopic (exact) mass is 665 g/mol. The highest BCUT2D eigenvalue weighted by molar-refractivity contribution is 8.14. The van der Waals surface area contributed by atoms with Crippen LogP contribution in [0.2, 0.25) is 0 Å². The van der Waals surface area contributed by atoms with Gasteiger partial charge in [0.25, 0.3) is 5.56 Å². The molecule has 0 saturated carbocycles. The maximum absolute atomic E-state index is 13.6. The molecule has 4 unspecified atom stereocenters. The van der Waals surface area contributed by atoms with E-state index in [-0.39, 0.29) is 52.1 Å². The first-order chi connectivity index (χ1) is 20.0. The number of fused-ring (bicyclic) bond motifs is 1. The molecule has 0 radical (unpaired) electrons. The van der Waals surface area contributed by atoms with Gasteiger partial charge in [0, 0.05) is 28.3 Å². The van der Waals surface area contributed by atoms with Crippen molar-refractivity contribution >= 4 is 58.7 Å². The number of nitrogens with one attached hydrogen (secondary N) is 1. The number of aliphatic hydroxyl groups excluding tert-OH is 2. The number of anilines is 1. The zero-order valence-corrected chi connectivity index (χ0v) is 27.5. The molecule has 5 N–H and O–H groups in total. The molecule has 2 aromatic heterocycles. The van der Waals surface area contributed by atoms with Crippen LogP contribution >= 0.6 is 31.3 Å². The Labute approximate surface area is 257 Å². The number of nitrogen functional groups attached to an aromatic ring is 1. The number of nitrogens with zero attached hydrogens (tertiary/aromatic N) is 3. The topological polar surface area (TPSA) is 218 Å². The number of phosphoric ester groups is 1. The lowest BCUT2D eigenvalue weighted by Crippen LogP contribution is -2.31. The lowest BCUT2D eigenvalue weighted by atomic mass is 9.99. The van der Waals surface area contributed by atoms with Crippen LogP contribution in [0, 0.1) is 16.7 Å². The standard InChI is InChI=1S/C25H40N5O10PS2/c1-24(2,3)21(34)42-9-7-37-41(36,38-8-10-43-22(35)25(4,5)6)39-12-15-14(11-31)17(32)20(40-15)30-13-27-16-18(30)28-23(26)29-19(16)33/h13-15,17,20,31-32H,7-12H2,1-6H3,(H3,26,28,29,33). The number of nitrogens with two attached hydrogens (primary N) is 1. The van der Waals surface area contributed by atoms with Crippen LogP contribution in [-0.2, 0) is 32.5 Å². The Bertz CT molecular complexity index is 1350. The number of aliphatic hydroxyl groups is 2. The molecule has 0 spiro atoms. The van der Waals surface area contributed by atoms with Crippen LogP contribution in [0.1, 0.15) is 47.8 Å². The van der Waals surface area contributed by atoms with Gasteiger partial charge in [0.15, 0.2) is 27.6 Å². The molecule has 0 aromatic carbocycles. The summed E-state index contributed by atoms with van der Waals surface area (Å²) in [6.45, 7) is 9.50. The van der Waals surface area contributed by atoms with Crippen LogP contribution in [0.25, 0.3) is 11.2 Å². The third-order valence-corrected chi connectivity index (χ3v) is 10.2. The van der Waals surface area contributed by atoms with Gasteiger partial charge in [0.1, 0.15) is 6.10 Å². The molecular formula is C25H40N5O10PS2. The molecular weight excluding hydrogens is 625 g/mol. The van der Waals surface area contributed by atoms with Crippen molar-refractivity contribution in [2.24, 2.45) is 16.7 Å². The fourth-order valence-corrected chi connectivity index (χ4v) is 6.82. The largest absolute Gasteiger partial charge is 0.474 e. The minimum atomic E-state index is -4.25. The summed E-state index contributed by atoms with van der Waals surface area (Å²) in [5, 5.41) is 20.9. The molecule has 0 aliphatic carbocycles. The van der Waals surface area contributed by atoms with Gasteiger partial charge in [-0.1, -0.05) is 65.1 Å². The first kappa shape index (κ1) is 35.7. The highest BCUT2D eigenvalue weighted by Crippen LogP contribution is 2.51. The molecule has 1 aliphatic rings. The van der Waals surface area contributed by atoms with Crippen LogP contribution in [0.15, 0.2) is 11.1 Å². The summed E-state index contributed by atoms with van der Waals surface area (Å²) < 4.78 is 37.4. The summed E-state index contributed by atoms with van der Waals surface area (Å²) in [6, 6.07) is 0. The van der Waals surface area contributed by atoms with E-state index in [0.717, 1.165) is 23.5 Å². The molecule has 242 valence electrons. The van der Waals surface area contributed by atoms with E-state index in [1.54, 1.807) is 41.5 Å². The number of carbonyl (C=O) groups excluding carboxylic acids is 2. The van der Waals surface area contributed by atoms with Gasteiger partial charge in [-0.3, -0.25) is 37.5 Å². The maximum Gasteiger partial charge on any atom is 0.474 e. The Morgan fingerprint density at radius 2 is 1.65 bits per heavy atom. The second-order valence-corrected chi connectivity index (χ2v) is 15.7. The van der Waals surface area contributed by atoms with Gasteiger partial charge in [-0.15, -0.1) is 0 Å². The first-order valence-electron chi connectivity index (χ1n) is 13.5. The van der Waals surface area contributed by atoms with E-state index in [0.29, 0.717) is 0 Å². The van der Waals surface area contributed by atoms with E-state index >= 15 is 0 Å². The molecule has 3 heterocycles. The lowest BCUT2D eigenvalue weighted by Gasteiger charge is -2.22. The summed E-state index contributed by atoms with van der Waals surface area (Å²) in [5.74, 6) is -0.680. The zero-order chi connectivity index (χ0) is 32.2. The Morgan fingerprint density at radius 1 is 1.09 bits per heavy atom. The number of rotatable bonds is 13. The molecule has 1 fully saturated rings. The quantitative estimate of drug-likeness (QED) is 0.178. The van der Waals surface area contributed by atoms with Crippen molar-refractivity contribution < 1.29 is 42.7 Å². The predicted octanol–water partition coefficient (Wildman–Crippen LogP) is 2.34. The third kappa shape index (κ3) is 9.34. The van der Waals surface area contributed by atoms with Gasteiger partial charge in [-0.25, -0.2) is 9.55 Å². The molecule has 2 aromatic rings. The first-order valence-corrected chi connectivity index (χ1v) is 16.9. The number of carbonyl (C=O) groups is 2. The van der Waals surface area contributed by atoms with Crippen LogP contribution in [-0.4, -0.2) is 90.1 Å². The van der Waals surface area contributed by atoms with Crippen molar-refractivity contribution in [3.63, 3.8) is 0 Å². The molecule has 1 saturated heterocycles. The smallest absolute Gasteiger partial charge is 0.396 e. The summed E-state index contributed by atoms with van der Waals surface area (Å²) in [6.07, 6.45) is -2.16. The summed E-state index contributed by atoms with van der Waals surface area (Å²) in [4.78, 5) is 47.1. The van der Waals surface area contributed by atoms with Crippen LogP contribution in [0.3, 0.4) is 0 Å². The lowest BCUT2D eigenvalue weighted by molar-refractivity contribution is -0.118. The van der Waals surface area contributed by atoms with Gasteiger partial charge in [0.2, 0.25) is 5.95 Å². The predicted molar refractivity (Wildman–Crippen MR) is 162 cm³/mol. The number of H-pyrrole nitrogens is 1. The van der Waals surface area contributed by atoms with Gasteiger partial charge < -0.3 is 20.7 Å². The van der Waals surface area contributed by atoms with E-state index in [4.69, 9.17) is 24.0 Å². The van der Waals surface area contributed by atoms with Crippen molar-refractivity contribution in [1.29, 1.82) is 0 Å². The van der Waals surface area contributed by atoms with Gasteiger partial charge in [-0.05, 0) is 0 Å². The van der Waals surface area contributed by atoms with Crippen LogP contribution in [0.5, 0.6) is 0 Å². The summed E-state index contributed by atoms with van der Waals surface area (Å²) in [7, 11) is -4.25. The second-order valence-electron chi connectivity index (χ2n) is 11.9. The minimum absolute atomic E-state index is 0.0258. The second kappa shape index (κ2) is 14.5. The Morgan fingerprint density at radius 3 is 2.16 bits per heavy atom. The minimum Gasteiger partial charge on any atom is -0.396 e. The number of thioether (sulfide) groups is 2. The van der Waals surface area contributed by atoms with Crippen molar-refractivity contribution in [1.82, 2.24) is 19.5 Å². The number of ether oxygens (including phenoxy) is 1. The van der Waals surface area contributed by atoms with Crippen LogP contribution < -0.4 is 11.3 Å². The Kier molecular flexibility index (Phi) is 12.0. The molecule has 4 atom stereocenters. The van der Waals surface area contributed by atoms with Gasteiger partial charge >= 0.3 is 7.82 Å². The SMILES string of the molecule is CC(C)(C)C(=O)SCCOP(=O)(OCCSC(=O)C(C)(C)C)OCC1OC(n2cnc3c(=O)[nH]c(N)nc32)C(O)C1CO. The summed E-state index contributed by atoms with van der Waals surface area (Å²) in [5.41, 5.74) is 3.99. The number of hydrogen-bond donors (Lipinski definition) is 4. The number of imidazole rings is 1. The van der Waals surface area contributed by atoms with Crippen molar-refractivity contribution in [2.75, 3.05) is 43.7 Å². The van der Waals surface area contributed by atoms with E-state index in [2.05, 4.69) is 15.0 Å². The van der Waals surface area contributed by atoms with E-state index in [9.17, 15) is 29.2 Å².